The third-order valence-corrected chi connectivity index (χ3v) is 3.78. The molecule has 3 N–H and O–H groups in total. The normalized spacial score (nSPS) is 23.2. The van der Waals surface area contributed by atoms with Crippen LogP contribution in [-0.2, 0) is 11.2 Å². The summed E-state index contributed by atoms with van der Waals surface area (Å²) in [6, 6.07) is 0. The Morgan fingerprint density at radius 1 is 1.44 bits per heavy atom. The van der Waals surface area contributed by atoms with Gasteiger partial charge >= 0.3 is 0 Å². The molecule has 5 nitrogen and oxygen atoms in total. The summed E-state index contributed by atoms with van der Waals surface area (Å²) < 4.78 is 7.41. The highest BCUT2D eigenvalue weighted by molar-refractivity contribution is 7.80. The van der Waals surface area contributed by atoms with E-state index in [9.17, 15) is 0 Å². The van der Waals surface area contributed by atoms with Crippen LogP contribution in [-0.4, -0.2) is 28.0 Å². The molecule has 1 saturated heterocycles. The van der Waals surface area contributed by atoms with Crippen molar-refractivity contribution < 1.29 is 4.74 Å². The molecule has 0 saturated carbocycles. The molecule has 0 radical (unpaired) electrons. The van der Waals surface area contributed by atoms with E-state index in [4.69, 9.17) is 22.7 Å². The van der Waals surface area contributed by atoms with E-state index in [0.29, 0.717) is 5.11 Å². The van der Waals surface area contributed by atoms with Crippen molar-refractivity contribution in [2.24, 2.45) is 5.73 Å². The van der Waals surface area contributed by atoms with E-state index in [1.54, 1.807) is 4.68 Å². The third kappa shape index (κ3) is 1.99. The molecule has 3 heterocycles. The Kier molecular flexibility index (Phi) is 3.22. The zero-order valence-electron chi connectivity index (χ0n) is 10.3. The lowest BCUT2D eigenvalue weighted by Crippen LogP contribution is -2.23. The van der Waals surface area contributed by atoms with Gasteiger partial charge in [-0.15, -0.1) is 0 Å². The first-order chi connectivity index (χ1) is 8.77. The lowest BCUT2D eigenvalue weighted by atomic mass is 10.0. The standard InChI is InChI=1S/C12H18N4OS/c13-12(18)16-11-8(4-1-2-6-14-11)10(15-16)9-5-3-7-17-9/h9,14H,1-7H2,(H2,13,18). The number of anilines is 1. The Labute approximate surface area is 112 Å². The summed E-state index contributed by atoms with van der Waals surface area (Å²) in [5.74, 6) is 0.977. The molecule has 0 aromatic carbocycles. The second-order valence-corrected chi connectivity index (χ2v) is 5.27. The van der Waals surface area contributed by atoms with E-state index in [1.807, 2.05) is 0 Å². The van der Waals surface area contributed by atoms with E-state index in [2.05, 4.69) is 10.4 Å². The number of nitrogens with two attached hydrogens (primary N) is 1. The molecule has 2 aliphatic heterocycles. The summed E-state index contributed by atoms with van der Waals surface area (Å²) in [5.41, 5.74) is 8.03. The predicted molar refractivity (Wildman–Crippen MR) is 73.8 cm³/mol. The van der Waals surface area contributed by atoms with Crippen LogP contribution in [0.4, 0.5) is 5.82 Å². The van der Waals surface area contributed by atoms with Gasteiger partial charge in [-0.25, -0.2) is 0 Å². The lowest BCUT2D eigenvalue weighted by molar-refractivity contribution is 0.107. The Morgan fingerprint density at radius 2 is 2.33 bits per heavy atom. The SMILES string of the molecule is NC(=S)n1nc(C2CCCO2)c2c1NCCCC2. The molecule has 1 aromatic rings. The van der Waals surface area contributed by atoms with Crippen LogP contribution in [0.1, 0.15) is 43.0 Å². The van der Waals surface area contributed by atoms with Crippen molar-refractivity contribution in [2.45, 2.75) is 38.2 Å². The molecule has 0 bridgehead atoms. The fraction of sp³-hybridized carbons (Fsp3) is 0.667. The molecule has 1 unspecified atom stereocenters. The molecule has 2 aliphatic rings. The number of hydrogen-bond acceptors (Lipinski definition) is 4. The minimum Gasteiger partial charge on any atom is -0.374 e. The highest BCUT2D eigenvalue weighted by Crippen LogP contribution is 2.35. The fourth-order valence-electron chi connectivity index (χ4n) is 2.74. The van der Waals surface area contributed by atoms with Crippen molar-refractivity contribution in [3.05, 3.63) is 11.3 Å². The summed E-state index contributed by atoms with van der Waals surface area (Å²) in [5, 5.41) is 8.27. The number of nitrogens with one attached hydrogen (secondary N) is 1. The van der Waals surface area contributed by atoms with E-state index < -0.39 is 0 Å². The smallest absolute Gasteiger partial charge is 0.193 e. The van der Waals surface area contributed by atoms with Gasteiger partial charge in [0.05, 0.1) is 5.69 Å². The third-order valence-electron chi connectivity index (χ3n) is 3.60. The van der Waals surface area contributed by atoms with Crippen LogP contribution in [0.25, 0.3) is 0 Å². The lowest BCUT2D eigenvalue weighted by Gasteiger charge is -2.08. The molecule has 0 amide bonds. The van der Waals surface area contributed by atoms with Crippen LogP contribution >= 0.6 is 12.2 Å². The average Bonchev–Trinajstić information content (AvgIpc) is 2.91. The van der Waals surface area contributed by atoms with Gasteiger partial charge in [0.15, 0.2) is 5.11 Å². The number of aromatic nitrogens is 2. The zero-order chi connectivity index (χ0) is 12.5. The van der Waals surface area contributed by atoms with Gasteiger partial charge in [-0.2, -0.15) is 9.78 Å². The highest BCUT2D eigenvalue weighted by Gasteiger charge is 2.28. The van der Waals surface area contributed by atoms with Crippen LogP contribution in [0.2, 0.25) is 0 Å². The number of fused-ring (bicyclic) bond motifs is 1. The summed E-state index contributed by atoms with van der Waals surface area (Å²) in [6.45, 7) is 1.78. The number of ether oxygens (including phenoxy) is 1. The Bertz CT molecular complexity index is 465. The molecule has 98 valence electrons. The van der Waals surface area contributed by atoms with Gasteiger partial charge in [0, 0.05) is 18.7 Å². The molecule has 6 heteroatoms. The van der Waals surface area contributed by atoms with Gasteiger partial charge in [-0.3, -0.25) is 0 Å². The van der Waals surface area contributed by atoms with E-state index >= 15 is 0 Å². The molecule has 0 spiro atoms. The van der Waals surface area contributed by atoms with Crippen LogP contribution in [0.5, 0.6) is 0 Å². The molecule has 0 aliphatic carbocycles. The van der Waals surface area contributed by atoms with E-state index in [0.717, 1.165) is 50.3 Å². The summed E-state index contributed by atoms with van der Waals surface area (Å²) in [7, 11) is 0. The van der Waals surface area contributed by atoms with Crippen LogP contribution in [0.3, 0.4) is 0 Å². The molecular formula is C12H18N4OS. The summed E-state index contributed by atoms with van der Waals surface area (Å²) in [6.07, 6.45) is 5.63. The molecule has 1 atom stereocenters. The maximum absolute atomic E-state index is 5.75. The quantitative estimate of drug-likeness (QED) is 0.755. The number of nitrogens with zero attached hydrogens (tertiary/aromatic N) is 2. The first-order valence-electron chi connectivity index (χ1n) is 6.54. The largest absolute Gasteiger partial charge is 0.374 e. The molecule has 3 rings (SSSR count). The maximum atomic E-state index is 5.75. The van der Waals surface area contributed by atoms with Crippen molar-refractivity contribution in [3.8, 4) is 0 Å². The van der Waals surface area contributed by atoms with Gasteiger partial charge in [0.2, 0.25) is 0 Å². The van der Waals surface area contributed by atoms with E-state index in [-0.39, 0.29) is 6.10 Å². The Balaban J connectivity index is 2.05. The zero-order valence-corrected chi connectivity index (χ0v) is 11.1. The number of thiocarbonyl (C=S) groups is 1. The van der Waals surface area contributed by atoms with Crippen molar-refractivity contribution in [2.75, 3.05) is 18.5 Å². The van der Waals surface area contributed by atoms with Crippen LogP contribution in [0, 0.1) is 0 Å². The van der Waals surface area contributed by atoms with Gasteiger partial charge in [0.25, 0.3) is 0 Å². The second-order valence-electron chi connectivity index (χ2n) is 4.85. The van der Waals surface area contributed by atoms with Crippen molar-refractivity contribution in [1.82, 2.24) is 9.78 Å². The highest BCUT2D eigenvalue weighted by atomic mass is 32.1. The fourth-order valence-corrected chi connectivity index (χ4v) is 2.87. The second kappa shape index (κ2) is 4.85. The Morgan fingerprint density at radius 3 is 3.06 bits per heavy atom. The number of hydrogen-bond donors (Lipinski definition) is 2. The minimum atomic E-state index is 0.120. The topological polar surface area (TPSA) is 65.1 Å². The van der Waals surface area contributed by atoms with E-state index in [1.165, 1.54) is 12.0 Å². The minimum absolute atomic E-state index is 0.120. The molecular weight excluding hydrogens is 248 g/mol. The first kappa shape index (κ1) is 11.9. The van der Waals surface area contributed by atoms with Crippen molar-refractivity contribution >= 4 is 23.1 Å². The van der Waals surface area contributed by atoms with Gasteiger partial charge in [0.1, 0.15) is 11.9 Å². The monoisotopic (exact) mass is 266 g/mol. The Hall–Kier alpha value is -1.14. The number of rotatable bonds is 1. The first-order valence-corrected chi connectivity index (χ1v) is 6.95. The van der Waals surface area contributed by atoms with Crippen LogP contribution in [0.15, 0.2) is 0 Å². The molecule has 18 heavy (non-hydrogen) atoms. The maximum Gasteiger partial charge on any atom is 0.193 e. The molecule has 1 fully saturated rings. The van der Waals surface area contributed by atoms with Gasteiger partial charge in [-0.1, -0.05) is 0 Å². The van der Waals surface area contributed by atoms with Gasteiger partial charge in [-0.05, 0) is 44.3 Å². The van der Waals surface area contributed by atoms with Gasteiger partial charge < -0.3 is 15.8 Å². The van der Waals surface area contributed by atoms with Crippen molar-refractivity contribution in [1.29, 1.82) is 0 Å². The summed E-state index contributed by atoms with van der Waals surface area (Å²) in [4.78, 5) is 0. The molecule has 1 aromatic heterocycles. The average molecular weight is 266 g/mol. The summed E-state index contributed by atoms with van der Waals surface area (Å²) >= 11 is 5.08. The predicted octanol–water partition coefficient (Wildman–Crippen LogP) is 1.57. The van der Waals surface area contributed by atoms with Crippen molar-refractivity contribution in [3.63, 3.8) is 0 Å². The van der Waals surface area contributed by atoms with Crippen LogP contribution < -0.4 is 11.1 Å².